The molecule has 4 nitrogen and oxygen atoms in total. The molecule has 0 bridgehead atoms. The van der Waals surface area contributed by atoms with Gasteiger partial charge in [-0.1, -0.05) is 6.07 Å². The molecular weight excluding hydrogens is 226 g/mol. The molecule has 0 atom stereocenters. The molecule has 1 aromatic heterocycles. The number of rotatable bonds is 3. The summed E-state index contributed by atoms with van der Waals surface area (Å²) in [6, 6.07) is 9.31. The summed E-state index contributed by atoms with van der Waals surface area (Å²) in [6.45, 7) is 3.99. The van der Waals surface area contributed by atoms with Crippen molar-refractivity contribution in [2.24, 2.45) is 5.10 Å². The minimum atomic E-state index is -0.207. The van der Waals surface area contributed by atoms with Gasteiger partial charge in [-0.2, -0.15) is 5.10 Å². The van der Waals surface area contributed by atoms with Crippen LogP contribution in [0.4, 0.5) is 0 Å². The van der Waals surface area contributed by atoms with Crippen LogP contribution in [0.1, 0.15) is 27.2 Å². The zero-order valence-electron chi connectivity index (χ0n) is 10.4. The topological polar surface area (TPSA) is 57.2 Å². The third kappa shape index (κ3) is 2.85. The van der Waals surface area contributed by atoms with Gasteiger partial charge >= 0.3 is 0 Å². The standard InChI is InChI=1S/C14H15N3O/c1-10-5-6-12(8-11(10)2)14(18)17-16-9-13-4-3-7-15-13/h3-9,15H,1-2H3,(H,17,18)/b16-9+. The molecule has 0 aliphatic rings. The molecular formula is C14H15N3O. The van der Waals surface area contributed by atoms with Crippen molar-refractivity contribution in [3.8, 4) is 0 Å². The normalized spacial score (nSPS) is 10.8. The quantitative estimate of drug-likeness (QED) is 0.629. The van der Waals surface area contributed by atoms with E-state index in [4.69, 9.17) is 0 Å². The molecule has 18 heavy (non-hydrogen) atoms. The van der Waals surface area contributed by atoms with Crippen LogP contribution in [0.5, 0.6) is 0 Å². The third-order valence-electron chi connectivity index (χ3n) is 2.76. The lowest BCUT2D eigenvalue weighted by Gasteiger charge is -2.03. The number of nitrogens with zero attached hydrogens (tertiary/aromatic N) is 1. The molecule has 2 aromatic rings. The van der Waals surface area contributed by atoms with Crippen molar-refractivity contribution >= 4 is 12.1 Å². The Morgan fingerprint density at radius 2 is 2.11 bits per heavy atom. The fraction of sp³-hybridized carbons (Fsp3) is 0.143. The first kappa shape index (κ1) is 12.1. The summed E-state index contributed by atoms with van der Waals surface area (Å²) in [5.74, 6) is -0.207. The third-order valence-corrected chi connectivity index (χ3v) is 2.76. The molecule has 0 saturated carbocycles. The Kier molecular flexibility index (Phi) is 3.57. The van der Waals surface area contributed by atoms with Gasteiger partial charge in [0.05, 0.1) is 11.9 Å². The van der Waals surface area contributed by atoms with Gasteiger partial charge in [0.15, 0.2) is 0 Å². The van der Waals surface area contributed by atoms with Crippen molar-refractivity contribution in [2.75, 3.05) is 0 Å². The molecule has 0 aliphatic heterocycles. The van der Waals surface area contributed by atoms with Gasteiger partial charge in [-0.15, -0.1) is 0 Å². The Balaban J connectivity index is 2.01. The Labute approximate surface area is 106 Å². The van der Waals surface area contributed by atoms with Gasteiger partial charge in [-0.25, -0.2) is 5.43 Å². The van der Waals surface area contributed by atoms with Crippen LogP contribution < -0.4 is 5.43 Å². The van der Waals surface area contributed by atoms with Crippen molar-refractivity contribution in [1.29, 1.82) is 0 Å². The lowest BCUT2D eigenvalue weighted by Crippen LogP contribution is -2.17. The van der Waals surface area contributed by atoms with Gasteiger partial charge in [0, 0.05) is 11.8 Å². The molecule has 2 N–H and O–H groups in total. The van der Waals surface area contributed by atoms with E-state index in [-0.39, 0.29) is 5.91 Å². The van der Waals surface area contributed by atoms with Gasteiger partial charge < -0.3 is 4.98 Å². The zero-order valence-corrected chi connectivity index (χ0v) is 10.4. The highest BCUT2D eigenvalue weighted by atomic mass is 16.2. The summed E-state index contributed by atoms with van der Waals surface area (Å²) in [6.07, 6.45) is 3.37. The number of hydrogen-bond acceptors (Lipinski definition) is 2. The van der Waals surface area contributed by atoms with E-state index in [1.54, 1.807) is 18.5 Å². The van der Waals surface area contributed by atoms with Crippen molar-refractivity contribution in [3.05, 3.63) is 58.9 Å². The van der Waals surface area contributed by atoms with E-state index >= 15 is 0 Å². The lowest BCUT2D eigenvalue weighted by atomic mass is 10.1. The minimum Gasteiger partial charge on any atom is -0.360 e. The number of aryl methyl sites for hydroxylation is 2. The molecule has 1 aromatic carbocycles. The van der Waals surface area contributed by atoms with Crippen LogP contribution in [0.25, 0.3) is 0 Å². The number of hydrazone groups is 1. The fourth-order valence-corrected chi connectivity index (χ4v) is 1.53. The maximum Gasteiger partial charge on any atom is 0.271 e. The first-order valence-electron chi connectivity index (χ1n) is 5.71. The number of hydrogen-bond donors (Lipinski definition) is 2. The highest BCUT2D eigenvalue weighted by molar-refractivity contribution is 5.95. The predicted molar refractivity (Wildman–Crippen MR) is 71.8 cm³/mol. The van der Waals surface area contributed by atoms with Gasteiger partial charge in [0.2, 0.25) is 0 Å². The van der Waals surface area contributed by atoms with E-state index in [1.165, 1.54) is 5.56 Å². The average molecular weight is 241 g/mol. The van der Waals surface area contributed by atoms with Crippen LogP contribution >= 0.6 is 0 Å². The van der Waals surface area contributed by atoms with Crippen LogP contribution in [-0.2, 0) is 0 Å². The number of H-pyrrole nitrogens is 1. The van der Waals surface area contributed by atoms with E-state index in [0.29, 0.717) is 5.56 Å². The number of nitrogens with one attached hydrogen (secondary N) is 2. The number of aromatic nitrogens is 1. The highest BCUT2D eigenvalue weighted by Crippen LogP contribution is 2.09. The second kappa shape index (κ2) is 5.31. The van der Waals surface area contributed by atoms with E-state index in [9.17, 15) is 4.79 Å². The SMILES string of the molecule is Cc1ccc(C(=O)N/N=C/c2ccc[nH]2)cc1C. The van der Waals surface area contributed by atoms with Crippen LogP contribution in [0, 0.1) is 13.8 Å². The van der Waals surface area contributed by atoms with Gasteiger partial charge in [-0.3, -0.25) is 4.79 Å². The fourth-order valence-electron chi connectivity index (χ4n) is 1.53. The summed E-state index contributed by atoms with van der Waals surface area (Å²) in [5.41, 5.74) is 6.21. The number of benzene rings is 1. The van der Waals surface area contributed by atoms with Crippen molar-refractivity contribution < 1.29 is 4.79 Å². The van der Waals surface area contributed by atoms with Crippen LogP contribution in [-0.4, -0.2) is 17.1 Å². The Hall–Kier alpha value is -2.36. The molecule has 0 spiro atoms. The molecule has 0 aliphatic carbocycles. The smallest absolute Gasteiger partial charge is 0.271 e. The summed E-state index contributed by atoms with van der Waals surface area (Å²) in [5, 5.41) is 3.89. The number of carbonyl (C=O) groups excluding carboxylic acids is 1. The Morgan fingerprint density at radius 3 is 2.78 bits per heavy atom. The molecule has 2 rings (SSSR count). The van der Waals surface area contributed by atoms with Crippen molar-refractivity contribution in [1.82, 2.24) is 10.4 Å². The summed E-state index contributed by atoms with van der Waals surface area (Å²) in [7, 11) is 0. The van der Waals surface area contributed by atoms with E-state index < -0.39 is 0 Å². The molecule has 1 heterocycles. The number of carbonyl (C=O) groups is 1. The molecule has 92 valence electrons. The van der Waals surface area contributed by atoms with Gasteiger partial charge in [0.1, 0.15) is 0 Å². The van der Waals surface area contributed by atoms with E-state index in [0.717, 1.165) is 11.3 Å². The predicted octanol–water partition coefficient (Wildman–Crippen LogP) is 2.40. The number of aromatic amines is 1. The maximum absolute atomic E-state index is 11.8. The summed E-state index contributed by atoms with van der Waals surface area (Å²) >= 11 is 0. The largest absolute Gasteiger partial charge is 0.360 e. The number of amides is 1. The van der Waals surface area contributed by atoms with Crippen LogP contribution in [0.2, 0.25) is 0 Å². The van der Waals surface area contributed by atoms with Crippen molar-refractivity contribution in [3.63, 3.8) is 0 Å². The Bertz CT molecular complexity index is 571. The average Bonchev–Trinajstić information content (AvgIpc) is 2.85. The summed E-state index contributed by atoms with van der Waals surface area (Å²) in [4.78, 5) is 14.8. The van der Waals surface area contributed by atoms with Crippen LogP contribution in [0.3, 0.4) is 0 Å². The van der Waals surface area contributed by atoms with Gasteiger partial charge in [0.25, 0.3) is 5.91 Å². The first-order chi connectivity index (χ1) is 8.66. The zero-order chi connectivity index (χ0) is 13.0. The van der Waals surface area contributed by atoms with Gasteiger partial charge in [-0.05, 0) is 49.2 Å². The minimum absolute atomic E-state index is 0.207. The first-order valence-corrected chi connectivity index (χ1v) is 5.71. The second-order valence-electron chi connectivity index (χ2n) is 4.12. The van der Waals surface area contributed by atoms with Crippen molar-refractivity contribution in [2.45, 2.75) is 13.8 Å². The maximum atomic E-state index is 11.8. The Morgan fingerprint density at radius 1 is 1.28 bits per heavy atom. The van der Waals surface area contributed by atoms with E-state index in [1.807, 2.05) is 38.1 Å². The molecule has 1 amide bonds. The van der Waals surface area contributed by atoms with E-state index in [2.05, 4.69) is 15.5 Å². The summed E-state index contributed by atoms with van der Waals surface area (Å²) < 4.78 is 0. The lowest BCUT2D eigenvalue weighted by molar-refractivity contribution is 0.0955. The molecule has 0 saturated heterocycles. The molecule has 0 fully saturated rings. The second-order valence-corrected chi connectivity index (χ2v) is 4.12. The molecule has 4 heteroatoms. The molecule has 0 radical (unpaired) electrons. The highest BCUT2D eigenvalue weighted by Gasteiger charge is 2.04. The molecule has 0 unspecified atom stereocenters. The van der Waals surface area contributed by atoms with Crippen LogP contribution in [0.15, 0.2) is 41.6 Å². The monoisotopic (exact) mass is 241 g/mol.